The van der Waals surface area contributed by atoms with Crippen LogP contribution < -0.4 is 5.32 Å². The van der Waals surface area contributed by atoms with Crippen LogP contribution in [0.25, 0.3) is 33.0 Å². The average Bonchev–Trinajstić information content (AvgIpc) is 3.24. The monoisotopic (exact) mass is 838 g/mol. The summed E-state index contributed by atoms with van der Waals surface area (Å²) in [6.45, 7) is 11.1. The van der Waals surface area contributed by atoms with E-state index in [1.807, 2.05) is 18.2 Å². The molecule has 0 atom stereocenters. The number of fused-ring (bicyclic) bond motifs is 1. The number of carboxylic acids is 1. The highest BCUT2D eigenvalue weighted by molar-refractivity contribution is 6.04. The van der Waals surface area contributed by atoms with E-state index < -0.39 is 17.7 Å². The Labute approximate surface area is 350 Å². The number of rotatable bonds is 26. The fourth-order valence-corrected chi connectivity index (χ4v) is 7.08. The van der Waals surface area contributed by atoms with Gasteiger partial charge in [-0.3, -0.25) is 4.79 Å². The zero-order valence-electron chi connectivity index (χ0n) is 34.3. The summed E-state index contributed by atoms with van der Waals surface area (Å²) in [7, 11) is 0. The van der Waals surface area contributed by atoms with Gasteiger partial charge in [0.2, 0.25) is 5.91 Å². The smallest absolute Gasteiger partial charge is 0.416 e. The van der Waals surface area contributed by atoms with E-state index in [1.54, 1.807) is 12.1 Å². The number of hydrogen-bond donors (Lipinski definition) is 2. The second-order valence-corrected chi connectivity index (χ2v) is 14.6. The number of ether oxygens (including phenoxy) is 6. The molecule has 0 bridgehead atoms. The molecule has 1 saturated heterocycles. The Balaban J connectivity index is 0.922. The second kappa shape index (κ2) is 24.7. The lowest BCUT2D eigenvalue weighted by molar-refractivity contribution is -0.137. The summed E-state index contributed by atoms with van der Waals surface area (Å²) in [6.07, 6.45) is -1.35. The molecule has 0 spiro atoms. The van der Waals surface area contributed by atoms with E-state index in [-0.39, 0.29) is 11.5 Å². The number of carbonyl (C=O) groups excluding carboxylic acids is 1. The zero-order chi connectivity index (χ0) is 42.6. The van der Waals surface area contributed by atoms with Gasteiger partial charge in [0, 0.05) is 26.6 Å². The first-order valence-electron chi connectivity index (χ1n) is 20.6. The van der Waals surface area contributed by atoms with Gasteiger partial charge in [0.05, 0.1) is 83.8 Å². The first-order valence-corrected chi connectivity index (χ1v) is 20.6. The van der Waals surface area contributed by atoms with Crippen LogP contribution in [0.4, 0.5) is 13.2 Å². The minimum Gasteiger partial charge on any atom is -0.478 e. The lowest BCUT2D eigenvalue weighted by Gasteiger charge is -2.32. The van der Waals surface area contributed by atoms with E-state index >= 15 is 0 Å². The van der Waals surface area contributed by atoms with Crippen molar-refractivity contribution in [1.29, 1.82) is 0 Å². The topological polar surface area (TPSA) is 125 Å². The van der Waals surface area contributed by atoms with Gasteiger partial charge in [-0.25, -0.2) is 4.79 Å². The molecule has 60 heavy (non-hydrogen) atoms. The molecule has 4 aromatic carbocycles. The Morgan fingerprint density at radius 3 is 1.72 bits per heavy atom. The lowest BCUT2D eigenvalue weighted by Crippen LogP contribution is -2.34. The Kier molecular flexibility index (Phi) is 19.2. The number of nitrogens with zero attached hydrogens (tertiary/aromatic N) is 1. The standard InChI is InChI=1S/C46H57F3N2O9/c1-34(52)50-15-20-56-22-24-58-26-28-60-30-29-59-27-25-57-23-21-55-19-2-16-51-17-13-37(14-18-51)35-3-5-38(6-4-35)44-33-41(45(53)54)32-40-31-39(9-12-43(40)44)36-7-10-42(11-8-36)46(47,48)49/h3-12,31-33,37H,2,13-30H2,1H3,(H,50,52)(H,53,54). The van der Waals surface area contributed by atoms with Crippen molar-refractivity contribution in [2.24, 2.45) is 0 Å². The third-order valence-corrected chi connectivity index (χ3v) is 10.3. The molecule has 326 valence electrons. The van der Waals surface area contributed by atoms with E-state index in [9.17, 15) is 27.9 Å². The first kappa shape index (κ1) is 46.7. The first-order chi connectivity index (χ1) is 29.1. The van der Waals surface area contributed by atoms with Gasteiger partial charge in [-0.15, -0.1) is 0 Å². The largest absolute Gasteiger partial charge is 0.478 e. The van der Waals surface area contributed by atoms with Crippen molar-refractivity contribution in [1.82, 2.24) is 10.2 Å². The van der Waals surface area contributed by atoms with Crippen LogP contribution >= 0.6 is 0 Å². The molecule has 0 aromatic heterocycles. The summed E-state index contributed by atoms with van der Waals surface area (Å²) >= 11 is 0. The number of likely N-dealkylation sites (tertiary alicyclic amines) is 1. The van der Waals surface area contributed by atoms with Gasteiger partial charge in [-0.2, -0.15) is 13.2 Å². The number of amides is 1. The minimum atomic E-state index is -4.42. The van der Waals surface area contributed by atoms with Gasteiger partial charge < -0.3 is 43.7 Å². The maximum atomic E-state index is 13.1. The molecular formula is C46H57F3N2O9. The number of benzene rings is 4. The fourth-order valence-electron chi connectivity index (χ4n) is 7.08. The summed E-state index contributed by atoms with van der Waals surface area (Å²) in [5.41, 5.74) is 3.71. The molecule has 0 unspecified atom stereocenters. The summed E-state index contributed by atoms with van der Waals surface area (Å²) in [4.78, 5) is 25.3. The van der Waals surface area contributed by atoms with Crippen molar-refractivity contribution in [3.05, 3.63) is 95.6 Å². The highest BCUT2D eigenvalue weighted by Gasteiger charge is 2.30. The van der Waals surface area contributed by atoms with Crippen molar-refractivity contribution in [3.8, 4) is 22.3 Å². The van der Waals surface area contributed by atoms with Crippen molar-refractivity contribution in [2.75, 3.05) is 105 Å². The van der Waals surface area contributed by atoms with E-state index in [0.29, 0.717) is 108 Å². The normalized spacial score (nSPS) is 13.9. The second-order valence-electron chi connectivity index (χ2n) is 14.6. The molecular weight excluding hydrogens is 782 g/mol. The van der Waals surface area contributed by atoms with Crippen LogP contribution in [0.1, 0.15) is 53.6 Å². The third kappa shape index (κ3) is 15.6. The number of hydrogen-bond acceptors (Lipinski definition) is 9. The molecule has 1 amide bonds. The maximum Gasteiger partial charge on any atom is 0.416 e. The van der Waals surface area contributed by atoms with Crippen LogP contribution in [0.15, 0.2) is 78.9 Å². The molecule has 2 N–H and O–H groups in total. The highest BCUT2D eigenvalue weighted by Crippen LogP contribution is 2.36. The van der Waals surface area contributed by atoms with Gasteiger partial charge in [-0.05, 0) is 107 Å². The highest BCUT2D eigenvalue weighted by atomic mass is 19.4. The van der Waals surface area contributed by atoms with Gasteiger partial charge in [-0.1, -0.05) is 48.5 Å². The van der Waals surface area contributed by atoms with Gasteiger partial charge in [0.1, 0.15) is 0 Å². The molecule has 0 aliphatic carbocycles. The van der Waals surface area contributed by atoms with Crippen LogP contribution in [0.2, 0.25) is 0 Å². The summed E-state index contributed by atoms with van der Waals surface area (Å²) in [5.74, 6) is -0.674. The average molecular weight is 839 g/mol. The molecule has 1 aliphatic heterocycles. The van der Waals surface area contributed by atoms with Crippen LogP contribution in [-0.2, 0) is 39.4 Å². The van der Waals surface area contributed by atoms with Crippen LogP contribution in [0.3, 0.4) is 0 Å². The summed E-state index contributed by atoms with van der Waals surface area (Å²) < 4.78 is 72.4. The van der Waals surface area contributed by atoms with E-state index in [4.69, 9.17) is 28.4 Å². The molecule has 0 radical (unpaired) electrons. The molecule has 5 rings (SSSR count). The number of piperidine rings is 1. The number of nitrogens with one attached hydrogen (secondary N) is 1. The number of carbonyl (C=O) groups is 2. The van der Waals surface area contributed by atoms with Crippen molar-refractivity contribution in [3.63, 3.8) is 0 Å². The Morgan fingerprint density at radius 2 is 1.18 bits per heavy atom. The van der Waals surface area contributed by atoms with Crippen molar-refractivity contribution < 1.29 is 56.3 Å². The quantitative estimate of drug-likeness (QED) is 0.0609. The van der Waals surface area contributed by atoms with Crippen LogP contribution in [-0.4, -0.2) is 127 Å². The zero-order valence-corrected chi connectivity index (χ0v) is 34.3. The summed E-state index contributed by atoms with van der Waals surface area (Å²) in [6, 6.07) is 22.3. The van der Waals surface area contributed by atoms with Gasteiger partial charge in [0.15, 0.2) is 0 Å². The molecule has 1 fully saturated rings. The molecule has 0 saturated carbocycles. The predicted molar refractivity (Wildman–Crippen MR) is 223 cm³/mol. The van der Waals surface area contributed by atoms with Gasteiger partial charge in [0.25, 0.3) is 0 Å². The third-order valence-electron chi connectivity index (χ3n) is 10.3. The molecule has 11 nitrogen and oxygen atoms in total. The number of carboxylic acid groups (broad SMARTS) is 1. The molecule has 4 aromatic rings. The Bertz CT molecular complexity index is 1900. The van der Waals surface area contributed by atoms with E-state index in [0.717, 1.165) is 67.5 Å². The van der Waals surface area contributed by atoms with Gasteiger partial charge >= 0.3 is 12.1 Å². The Morgan fingerprint density at radius 1 is 0.667 bits per heavy atom. The Hall–Kier alpha value is -4.41. The fraction of sp³-hybridized carbons (Fsp3) is 0.478. The van der Waals surface area contributed by atoms with Crippen molar-refractivity contribution in [2.45, 2.75) is 38.3 Å². The molecule has 14 heteroatoms. The molecule has 1 aliphatic rings. The molecule has 1 heterocycles. The number of halogens is 3. The maximum absolute atomic E-state index is 13.1. The van der Waals surface area contributed by atoms with Crippen molar-refractivity contribution >= 4 is 22.6 Å². The van der Waals surface area contributed by atoms with E-state index in [1.165, 1.54) is 24.6 Å². The lowest BCUT2D eigenvalue weighted by atomic mass is 9.87. The SMILES string of the molecule is CC(=O)NCCOCCOCCOCCOCCOCCOCCCN1CCC(c2ccc(-c3cc(C(=O)O)cc4cc(-c5ccc(C(F)(F)F)cc5)ccc34)cc2)CC1. The predicted octanol–water partition coefficient (Wildman–Crippen LogP) is 7.70. The summed E-state index contributed by atoms with van der Waals surface area (Å²) in [5, 5.41) is 14.1. The minimum absolute atomic E-state index is 0.0704. The van der Waals surface area contributed by atoms with Crippen LogP contribution in [0.5, 0.6) is 0 Å². The number of aromatic carboxylic acids is 1. The number of alkyl halides is 3. The van der Waals surface area contributed by atoms with Crippen LogP contribution in [0, 0.1) is 0 Å². The van der Waals surface area contributed by atoms with E-state index in [2.05, 4.69) is 34.5 Å².